The molecule has 7 nitrogen and oxygen atoms in total. The van der Waals surface area contributed by atoms with Gasteiger partial charge in [0.2, 0.25) is 0 Å². The number of benzene rings is 2. The van der Waals surface area contributed by atoms with Crippen LogP contribution in [-0.2, 0) is 9.59 Å². The molecule has 0 aliphatic heterocycles. The van der Waals surface area contributed by atoms with Crippen molar-refractivity contribution in [1.29, 1.82) is 0 Å². The van der Waals surface area contributed by atoms with Crippen molar-refractivity contribution in [3.05, 3.63) is 71.4 Å². The van der Waals surface area contributed by atoms with Crippen LogP contribution in [-0.4, -0.2) is 36.0 Å². The van der Waals surface area contributed by atoms with Gasteiger partial charge in [0.15, 0.2) is 0 Å². The van der Waals surface area contributed by atoms with E-state index in [-0.39, 0.29) is 5.70 Å². The average Bonchev–Trinajstić information content (AvgIpc) is 2.68. The average molecular weight is 368 g/mol. The maximum atomic E-state index is 12.5. The van der Waals surface area contributed by atoms with Crippen LogP contribution in [0.15, 0.2) is 60.3 Å². The van der Waals surface area contributed by atoms with Gasteiger partial charge in [-0.3, -0.25) is 14.4 Å². The van der Waals surface area contributed by atoms with Crippen molar-refractivity contribution >= 4 is 23.9 Å². The number of hydrogen-bond donors (Lipinski definition) is 3. The molecule has 2 aromatic carbocycles. The van der Waals surface area contributed by atoms with Crippen LogP contribution in [0.4, 0.5) is 0 Å². The summed E-state index contributed by atoms with van der Waals surface area (Å²) >= 11 is 0. The zero-order valence-electron chi connectivity index (χ0n) is 14.9. The molecule has 2 rings (SSSR count). The van der Waals surface area contributed by atoms with E-state index in [4.69, 9.17) is 9.84 Å². The fourth-order valence-corrected chi connectivity index (χ4v) is 2.15. The van der Waals surface area contributed by atoms with Crippen molar-refractivity contribution in [2.75, 3.05) is 7.11 Å². The van der Waals surface area contributed by atoms with Gasteiger partial charge in [-0.05, 0) is 42.8 Å². The number of methoxy groups -OCH3 is 1. The second kappa shape index (κ2) is 9.19. The smallest absolute Gasteiger partial charge is 0.325 e. The first kappa shape index (κ1) is 19.7. The molecule has 0 aliphatic rings. The molecule has 1 atom stereocenters. The number of hydrogen-bond acceptors (Lipinski definition) is 4. The van der Waals surface area contributed by atoms with Gasteiger partial charge in [-0.15, -0.1) is 0 Å². The SMILES string of the molecule is COc1ccc(C(=O)N/C(=C\c2ccccc2)C(=O)N[C@H](C)C(=O)O)cc1. The molecule has 0 saturated heterocycles. The number of nitrogens with one attached hydrogen (secondary N) is 2. The molecule has 0 unspecified atom stereocenters. The summed E-state index contributed by atoms with van der Waals surface area (Å²) in [5, 5.41) is 13.9. The lowest BCUT2D eigenvalue weighted by Crippen LogP contribution is -2.42. The molecule has 2 amide bonds. The van der Waals surface area contributed by atoms with Crippen LogP contribution < -0.4 is 15.4 Å². The summed E-state index contributed by atoms with van der Waals surface area (Å²) in [5.74, 6) is -1.78. The molecule has 27 heavy (non-hydrogen) atoms. The highest BCUT2D eigenvalue weighted by Crippen LogP contribution is 2.12. The minimum absolute atomic E-state index is 0.0601. The van der Waals surface area contributed by atoms with E-state index in [1.54, 1.807) is 48.5 Å². The minimum atomic E-state index is -1.18. The van der Waals surface area contributed by atoms with Gasteiger partial charge in [-0.2, -0.15) is 0 Å². The van der Waals surface area contributed by atoms with Crippen LogP contribution in [0.25, 0.3) is 6.08 Å². The van der Waals surface area contributed by atoms with Crippen molar-refractivity contribution in [2.24, 2.45) is 0 Å². The van der Waals surface area contributed by atoms with E-state index in [9.17, 15) is 14.4 Å². The fraction of sp³-hybridized carbons (Fsp3) is 0.150. The molecule has 0 radical (unpaired) electrons. The van der Waals surface area contributed by atoms with Crippen molar-refractivity contribution in [3.63, 3.8) is 0 Å². The summed E-state index contributed by atoms with van der Waals surface area (Å²) in [6.45, 7) is 1.34. The van der Waals surface area contributed by atoms with E-state index in [2.05, 4.69) is 10.6 Å². The third kappa shape index (κ3) is 5.71. The van der Waals surface area contributed by atoms with E-state index in [1.807, 2.05) is 6.07 Å². The number of carboxylic acids is 1. The normalized spacial score (nSPS) is 12.0. The summed E-state index contributed by atoms with van der Waals surface area (Å²) in [7, 11) is 1.52. The second-order valence-corrected chi connectivity index (χ2v) is 5.68. The molecular weight excluding hydrogens is 348 g/mol. The molecule has 0 saturated carbocycles. The lowest BCUT2D eigenvalue weighted by molar-refractivity contribution is -0.140. The standard InChI is InChI=1S/C20H20N2O5/c1-13(20(25)26)21-19(24)17(12-14-6-4-3-5-7-14)22-18(23)15-8-10-16(27-2)11-9-15/h3-13H,1-2H3,(H,21,24)(H,22,23)(H,25,26)/b17-12-/t13-/m1/s1. The monoisotopic (exact) mass is 368 g/mol. The van der Waals surface area contributed by atoms with Crippen LogP contribution in [0.2, 0.25) is 0 Å². The Hall–Kier alpha value is -3.61. The number of carbonyl (C=O) groups is 3. The van der Waals surface area contributed by atoms with Crippen molar-refractivity contribution < 1.29 is 24.2 Å². The first-order valence-electron chi connectivity index (χ1n) is 8.16. The fourth-order valence-electron chi connectivity index (χ4n) is 2.15. The minimum Gasteiger partial charge on any atom is -0.497 e. The third-order valence-electron chi connectivity index (χ3n) is 3.67. The Bertz CT molecular complexity index is 844. The van der Waals surface area contributed by atoms with Crippen molar-refractivity contribution in [2.45, 2.75) is 13.0 Å². The summed E-state index contributed by atoms with van der Waals surface area (Å²) in [4.78, 5) is 35.9. The summed E-state index contributed by atoms with van der Waals surface area (Å²) in [6.07, 6.45) is 1.48. The van der Waals surface area contributed by atoms with Crippen molar-refractivity contribution in [3.8, 4) is 5.75 Å². The van der Waals surface area contributed by atoms with Crippen LogP contribution >= 0.6 is 0 Å². The first-order valence-corrected chi connectivity index (χ1v) is 8.16. The second-order valence-electron chi connectivity index (χ2n) is 5.68. The Balaban J connectivity index is 2.25. The van der Waals surface area contributed by atoms with Gasteiger partial charge in [0.05, 0.1) is 7.11 Å². The topological polar surface area (TPSA) is 105 Å². The van der Waals surface area contributed by atoms with E-state index >= 15 is 0 Å². The lowest BCUT2D eigenvalue weighted by atomic mass is 10.1. The highest BCUT2D eigenvalue weighted by molar-refractivity contribution is 6.06. The number of amides is 2. The molecule has 0 aliphatic carbocycles. The van der Waals surface area contributed by atoms with Crippen LogP contribution in [0.5, 0.6) is 5.75 Å². The molecular formula is C20H20N2O5. The van der Waals surface area contributed by atoms with Crippen molar-refractivity contribution in [1.82, 2.24) is 10.6 Å². The quantitative estimate of drug-likeness (QED) is 0.649. The Labute approximate surface area is 156 Å². The highest BCUT2D eigenvalue weighted by atomic mass is 16.5. The maximum absolute atomic E-state index is 12.5. The number of aliphatic carboxylic acids is 1. The predicted molar refractivity (Wildman–Crippen MR) is 100 cm³/mol. The molecule has 0 heterocycles. The van der Waals surface area contributed by atoms with Crippen LogP contribution in [0, 0.1) is 0 Å². The third-order valence-corrected chi connectivity index (χ3v) is 3.67. The maximum Gasteiger partial charge on any atom is 0.325 e. The van der Waals surface area contributed by atoms with Gasteiger partial charge in [0.1, 0.15) is 17.5 Å². The van der Waals surface area contributed by atoms with Gasteiger partial charge in [-0.1, -0.05) is 30.3 Å². The van der Waals surface area contributed by atoms with Gasteiger partial charge < -0.3 is 20.5 Å². The Morgan fingerprint density at radius 1 is 1.04 bits per heavy atom. The summed E-state index contributed by atoms with van der Waals surface area (Å²) < 4.78 is 5.05. The van der Waals surface area contributed by atoms with Gasteiger partial charge in [0.25, 0.3) is 11.8 Å². The molecule has 140 valence electrons. The molecule has 0 fully saturated rings. The highest BCUT2D eigenvalue weighted by Gasteiger charge is 2.19. The lowest BCUT2D eigenvalue weighted by Gasteiger charge is -2.13. The van der Waals surface area contributed by atoms with E-state index in [0.29, 0.717) is 16.9 Å². The number of rotatable bonds is 7. The van der Waals surface area contributed by atoms with E-state index < -0.39 is 23.8 Å². The summed E-state index contributed by atoms with van der Waals surface area (Å²) in [6, 6.07) is 14.2. The van der Waals surface area contributed by atoms with E-state index in [1.165, 1.54) is 20.1 Å². The molecule has 7 heteroatoms. The number of carboxylic acid groups (broad SMARTS) is 1. The summed E-state index contributed by atoms with van der Waals surface area (Å²) in [5.41, 5.74) is 0.949. The predicted octanol–water partition coefficient (Wildman–Crippen LogP) is 2.06. The number of carbonyl (C=O) groups excluding carboxylic acids is 2. The Morgan fingerprint density at radius 2 is 1.67 bits per heavy atom. The van der Waals surface area contributed by atoms with Gasteiger partial charge >= 0.3 is 5.97 Å². The van der Waals surface area contributed by atoms with Gasteiger partial charge in [0, 0.05) is 5.56 Å². The zero-order valence-corrected chi connectivity index (χ0v) is 14.9. The molecule has 3 N–H and O–H groups in total. The first-order chi connectivity index (χ1) is 12.9. The zero-order chi connectivity index (χ0) is 19.8. The van der Waals surface area contributed by atoms with Gasteiger partial charge in [-0.25, -0.2) is 0 Å². The van der Waals surface area contributed by atoms with Crippen LogP contribution in [0.1, 0.15) is 22.8 Å². The number of ether oxygens (including phenoxy) is 1. The van der Waals surface area contributed by atoms with E-state index in [0.717, 1.165) is 0 Å². The van der Waals surface area contributed by atoms with Crippen LogP contribution in [0.3, 0.4) is 0 Å². The molecule has 0 bridgehead atoms. The largest absolute Gasteiger partial charge is 0.497 e. The molecule has 0 spiro atoms. The molecule has 2 aromatic rings. The Morgan fingerprint density at radius 3 is 2.22 bits per heavy atom. The Kier molecular flexibility index (Phi) is 6.71. The molecule has 0 aromatic heterocycles.